The molecule has 1 fully saturated rings. The van der Waals surface area contributed by atoms with E-state index in [9.17, 15) is 4.79 Å². The van der Waals surface area contributed by atoms with Crippen molar-refractivity contribution in [2.75, 3.05) is 13.1 Å². The summed E-state index contributed by atoms with van der Waals surface area (Å²) in [4.78, 5) is 12.1. The summed E-state index contributed by atoms with van der Waals surface area (Å²) in [6.45, 7) is 2.40. The molecule has 2 heterocycles. The fourth-order valence-electron chi connectivity index (χ4n) is 2.63. The highest BCUT2D eigenvalue weighted by Gasteiger charge is 2.20. The molecular formula is C16H20N4O. The fourth-order valence-corrected chi connectivity index (χ4v) is 2.63. The molecule has 0 radical (unpaired) electrons. The Kier molecular flexibility index (Phi) is 4.31. The summed E-state index contributed by atoms with van der Waals surface area (Å²) >= 11 is 0. The van der Waals surface area contributed by atoms with Crippen LogP contribution in [-0.2, 0) is 11.3 Å². The van der Waals surface area contributed by atoms with E-state index in [0.717, 1.165) is 42.8 Å². The summed E-state index contributed by atoms with van der Waals surface area (Å²) in [6, 6.07) is 10.1. The fraction of sp³-hybridized carbons (Fsp3) is 0.375. The van der Waals surface area contributed by atoms with Crippen LogP contribution in [0.25, 0.3) is 11.3 Å². The Labute approximate surface area is 124 Å². The zero-order valence-electron chi connectivity index (χ0n) is 11.9. The predicted molar refractivity (Wildman–Crippen MR) is 81.5 cm³/mol. The number of nitrogens with one attached hydrogen (secondary N) is 3. The SMILES string of the molecule is O=C(NCc1ccc(-c2ccn[nH]2)cc1)[C@H]1CCCNC1. The van der Waals surface area contributed by atoms with Gasteiger partial charge in [-0.25, -0.2) is 0 Å². The van der Waals surface area contributed by atoms with Gasteiger partial charge in [-0.05, 0) is 36.6 Å². The Morgan fingerprint density at radius 2 is 2.14 bits per heavy atom. The number of aromatic nitrogens is 2. The van der Waals surface area contributed by atoms with Crippen LogP contribution in [0.15, 0.2) is 36.5 Å². The number of nitrogens with zero attached hydrogens (tertiary/aromatic N) is 1. The Morgan fingerprint density at radius 1 is 1.29 bits per heavy atom. The van der Waals surface area contributed by atoms with Crippen LogP contribution in [0.5, 0.6) is 0 Å². The van der Waals surface area contributed by atoms with Crippen LogP contribution in [0.3, 0.4) is 0 Å². The number of carbonyl (C=O) groups is 1. The summed E-state index contributed by atoms with van der Waals surface area (Å²) in [5.41, 5.74) is 3.20. The zero-order valence-corrected chi connectivity index (χ0v) is 11.9. The van der Waals surface area contributed by atoms with Crippen LogP contribution in [0.1, 0.15) is 18.4 Å². The van der Waals surface area contributed by atoms with Gasteiger partial charge < -0.3 is 10.6 Å². The Hall–Kier alpha value is -2.14. The lowest BCUT2D eigenvalue weighted by atomic mass is 9.99. The van der Waals surface area contributed by atoms with Gasteiger partial charge in [0, 0.05) is 19.3 Å². The topological polar surface area (TPSA) is 69.8 Å². The first-order valence-electron chi connectivity index (χ1n) is 7.40. The van der Waals surface area contributed by atoms with Crippen LogP contribution in [-0.4, -0.2) is 29.2 Å². The Morgan fingerprint density at radius 3 is 2.81 bits per heavy atom. The first-order valence-corrected chi connectivity index (χ1v) is 7.40. The second-order valence-electron chi connectivity index (χ2n) is 5.43. The minimum absolute atomic E-state index is 0.114. The van der Waals surface area contributed by atoms with Gasteiger partial charge in [0.15, 0.2) is 0 Å². The highest BCUT2D eigenvalue weighted by Crippen LogP contribution is 2.16. The van der Waals surface area contributed by atoms with Crippen molar-refractivity contribution in [2.24, 2.45) is 5.92 Å². The third-order valence-electron chi connectivity index (χ3n) is 3.90. The molecule has 21 heavy (non-hydrogen) atoms. The van der Waals surface area contributed by atoms with E-state index in [0.29, 0.717) is 6.54 Å². The summed E-state index contributed by atoms with van der Waals surface area (Å²) in [5, 5.41) is 13.2. The van der Waals surface area contributed by atoms with E-state index in [1.807, 2.05) is 30.3 Å². The average molecular weight is 284 g/mol. The Bertz CT molecular complexity index is 571. The van der Waals surface area contributed by atoms with Crippen LogP contribution in [0.4, 0.5) is 0 Å². The lowest BCUT2D eigenvalue weighted by Crippen LogP contribution is -2.40. The summed E-state index contributed by atoms with van der Waals surface area (Å²) in [7, 11) is 0. The van der Waals surface area contributed by atoms with Gasteiger partial charge in [-0.3, -0.25) is 9.89 Å². The molecule has 5 heteroatoms. The number of piperidine rings is 1. The number of hydrogen-bond donors (Lipinski definition) is 3. The number of aromatic amines is 1. The molecular weight excluding hydrogens is 264 g/mol. The summed E-state index contributed by atoms with van der Waals surface area (Å²) < 4.78 is 0. The molecule has 0 bridgehead atoms. The standard InChI is InChI=1S/C16H20N4O/c21-16(14-2-1-8-17-11-14)18-10-12-3-5-13(6-4-12)15-7-9-19-20-15/h3-7,9,14,17H,1-2,8,10-11H2,(H,18,21)(H,19,20)/t14-/m0/s1. The molecule has 0 saturated carbocycles. The zero-order chi connectivity index (χ0) is 14.5. The van der Waals surface area contributed by atoms with E-state index in [2.05, 4.69) is 20.8 Å². The average Bonchev–Trinajstić information content (AvgIpc) is 3.08. The quantitative estimate of drug-likeness (QED) is 0.800. The highest BCUT2D eigenvalue weighted by molar-refractivity contribution is 5.79. The third kappa shape index (κ3) is 3.49. The molecule has 0 unspecified atom stereocenters. The van der Waals surface area contributed by atoms with Gasteiger partial charge in [0.05, 0.1) is 11.6 Å². The van der Waals surface area contributed by atoms with Crippen molar-refractivity contribution < 1.29 is 4.79 Å². The van der Waals surface area contributed by atoms with Gasteiger partial charge in [-0.1, -0.05) is 24.3 Å². The van der Waals surface area contributed by atoms with Gasteiger partial charge in [0.2, 0.25) is 5.91 Å². The lowest BCUT2D eigenvalue weighted by molar-refractivity contribution is -0.125. The van der Waals surface area contributed by atoms with Crippen molar-refractivity contribution in [3.8, 4) is 11.3 Å². The molecule has 1 aliphatic rings. The number of benzene rings is 1. The van der Waals surface area contributed by atoms with Crippen LogP contribution < -0.4 is 10.6 Å². The second-order valence-corrected chi connectivity index (χ2v) is 5.43. The minimum atomic E-state index is 0.114. The maximum absolute atomic E-state index is 12.1. The lowest BCUT2D eigenvalue weighted by Gasteiger charge is -2.21. The number of amides is 1. The van der Waals surface area contributed by atoms with Gasteiger partial charge in [-0.15, -0.1) is 0 Å². The molecule has 2 aromatic rings. The van der Waals surface area contributed by atoms with E-state index in [1.54, 1.807) is 6.20 Å². The molecule has 1 aromatic heterocycles. The number of carbonyl (C=O) groups excluding carboxylic acids is 1. The molecule has 1 saturated heterocycles. The normalized spacial score (nSPS) is 18.4. The molecule has 1 atom stereocenters. The molecule has 110 valence electrons. The van der Waals surface area contributed by atoms with Gasteiger partial charge in [0.25, 0.3) is 0 Å². The highest BCUT2D eigenvalue weighted by atomic mass is 16.1. The monoisotopic (exact) mass is 284 g/mol. The summed E-state index contributed by atoms with van der Waals surface area (Å²) in [6.07, 6.45) is 3.80. The molecule has 1 amide bonds. The van der Waals surface area contributed by atoms with Crippen molar-refractivity contribution in [1.29, 1.82) is 0 Å². The molecule has 1 aliphatic heterocycles. The van der Waals surface area contributed by atoms with E-state index in [4.69, 9.17) is 0 Å². The third-order valence-corrected chi connectivity index (χ3v) is 3.90. The minimum Gasteiger partial charge on any atom is -0.352 e. The Balaban J connectivity index is 1.54. The maximum Gasteiger partial charge on any atom is 0.224 e. The maximum atomic E-state index is 12.1. The van der Waals surface area contributed by atoms with E-state index < -0.39 is 0 Å². The van der Waals surface area contributed by atoms with E-state index in [-0.39, 0.29) is 11.8 Å². The molecule has 0 spiro atoms. The molecule has 3 rings (SSSR count). The van der Waals surface area contributed by atoms with Crippen LogP contribution >= 0.6 is 0 Å². The predicted octanol–water partition coefficient (Wildman–Crippen LogP) is 1.69. The van der Waals surface area contributed by atoms with Gasteiger partial charge in [0.1, 0.15) is 0 Å². The van der Waals surface area contributed by atoms with E-state index in [1.165, 1.54) is 0 Å². The summed E-state index contributed by atoms with van der Waals surface area (Å²) in [5.74, 6) is 0.267. The van der Waals surface area contributed by atoms with Crippen LogP contribution in [0, 0.1) is 5.92 Å². The molecule has 1 aromatic carbocycles. The number of rotatable bonds is 4. The smallest absolute Gasteiger partial charge is 0.224 e. The van der Waals surface area contributed by atoms with E-state index >= 15 is 0 Å². The second kappa shape index (κ2) is 6.54. The van der Waals surface area contributed by atoms with Crippen molar-refractivity contribution in [3.05, 3.63) is 42.1 Å². The molecule has 0 aliphatic carbocycles. The first-order chi connectivity index (χ1) is 10.3. The number of H-pyrrole nitrogens is 1. The van der Waals surface area contributed by atoms with Gasteiger partial charge in [-0.2, -0.15) is 5.10 Å². The molecule has 5 nitrogen and oxygen atoms in total. The van der Waals surface area contributed by atoms with Crippen molar-refractivity contribution >= 4 is 5.91 Å². The van der Waals surface area contributed by atoms with Crippen LogP contribution in [0.2, 0.25) is 0 Å². The largest absolute Gasteiger partial charge is 0.352 e. The first kappa shape index (κ1) is 13.8. The van der Waals surface area contributed by atoms with Crippen molar-refractivity contribution in [1.82, 2.24) is 20.8 Å². The molecule has 3 N–H and O–H groups in total. The number of hydrogen-bond acceptors (Lipinski definition) is 3. The van der Waals surface area contributed by atoms with Crippen molar-refractivity contribution in [3.63, 3.8) is 0 Å². The van der Waals surface area contributed by atoms with Gasteiger partial charge >= 0.3 is 0 Å². The van der Waals surface area contributed by atoms with Crippen molar-refractivity contribution in [2.45, 2.75) is 19.4 Å².